The molecule has 1 aliphatic heterocycles. The van der Waals surface area contributed by atoms with Gasteiger partial charge in [0.15, 0.2) is 0 Å². The smallest absolute Gasteiger partial charge is 0.0520 e. The summed E-state index contributed by atoms with van der Waals surface area (Å²) in [6.45, 7) is 0. The molecule has 3 rings (SSSR count). The Hall–Kier alpha value is -1.52. The Balaban J connectivity index is 2.07. The lowest BCUT2D eigenvalue weighted by atomic mass is 10.2. The van der Waals surface area contributed by atoms with Gasteiger partial charge in [-0.15, -0.1) is 10.1 Å². The van der Waals surface area contributed by atoms with Gasteiger partial charge in [0.05, 0.1) is 11.4 Å². The fourth-order valence-corrected chi connectivity index (χ4v) is 4.68. The molecule has 0 radical (unpaired) electrons. The lowest BCUT2D eigenvalue weighted by Gasteiger charge is -2.30. The van der Waals surface area contributed by atoms with Crippen LogP contribution in [0.4, 0.5) is 22.7 Å². The molecule has 0 atom stereocenters. The van der Waals surface area contributed by atoms with Gasteiger partial charge in [0.1, 0.15) is 0 Å². The summed E-state index contributed by atoms with van der Waals surface area (Å²) in [7, 11) is 14.2. The number of benzene rings is 2. The van der Waals surface area contributed by atoms with E-state index in [-0.39, 0.29) is 0 Å². The van der Waals surface area contributed by atoms with E-state index < -0.39 is 10.1 Å². The first-order valence-corrected chi connectivity index (χ1v) is 9.08. The molecule has 0 fully saturated rings. The molecule has 0 amide bonds. The Morgan fingerprint density at radius 2 is 1.24 bits per heavy atom. The first-order valence-electron chi connectivity index (χ1n) is 6.83. The molecular weight excluding hydrogens is 302 g/mol. The van der Waals surface area contributed by atoms with Crippen LogP contribution >= 0.6 is 20.8 Å². The van der Waals surface area contributed by atoms with Crippen LogP contribution in [-0.4, -0.2) is 28.2 Å². The normalized spacial score (nSPS) is 14.0. The number of rotatable bonds is 2. The van der Waals surface area contributed by atoms with E-state index in [0.717, 1.165) is 11.4 Å². The van der Waals surface area contributed by atoms with Crippen molar-refractivity contribution < 1.29 is 0 Å². The lowest BCUT2D eigenvalue weighted by molar-refractivity contribution is 1.11. The van der Waals surface area contributed by atoms with E-state index in [0.29, 0.717) is 0 Å². The summed E-state index contributed by atoms with van der Waals surface area (Å²) in [4.78, 5) is 6.60. The van der Waals surface area contributed by atoms with Gasteiger partial charge >= 0.3 is 0 Å². The topological polar surface area (TPSA) is 18.5 Å². The average Bonchev–Trinajstić information content (AvgIpc) is 2.46. The Labute approximate surface area is 133 Å². The van der Waals surface area contributed by atoms with Crippen molar-refractivity contribution in [2.24, 2.45) is 0 Å². The summed E-state index contributed by atoms with van der Waals surface area (Å²) in [6, 6.07) is 12.8. The van der Waals surface area contributed by atoms with Crippen LogP contribution in [0.1, 0.15) is 0 Å². The van der Waals surface area contributed by atoms with Crippen LogP contribution < -0.4 is 15.1 Å². The van der Waals surface area contributed by atoms with E-state index in [4.69, 9.17) is 10.7 Å². The van der Waals surface area contributed by atoms with Crippen molar-refractivity contribution in [1.82, 2.24) is 0 Å². The number of fused-ring (bicyclic) bond motifs is 2. The van der Waals surface area contributed by atoms with Crippen molar-refractivity contribution in [3.63, 3.8) is 0 Å². The van der Waals surface area contributed by atoms with Crippen molar-refractivity contribution in [3.8, 4) is 0 Å². The Bertz CT molecular complexity index is 628. The van der Waals surface area contributed by atoms with Gasteiger partial charge in [-0.25, -0.2) is 0 Å². The minimum atomic E-state index is -0.849. The zero-order valence-corrected chi connectivity index (χ0v) is 14.3. The fourth-order valence-electron chi connectivity index (χ4n) is 2.41. The van der Waals surface area contributed by atoms with Crippen LogP contribution in [0.2, 0.25) is 0 Å². The molecule has 2 aromatic rings. The van der Waals surface area contributed by atoms with Gasteiger partial charge in [-0.1, -0.05) is 10.7 Å². The minimum absolute atomic E-state index is 0.849. The number of hydrogen-bond donors (Lipinski definition) is 2. The van der Waals surface area contributed by atoms with Gasteiger partial charge in [-0.05, 0) is 36.4 Å². The highest BCUT2D eigenvalue weighted by molar-refractivity contribution is 8.36. The third-order valence-electron chi connectivity index (χ3n) is 3.69. The number of halogens is 1. The van der Waals surface area contributed by atoms with E-state index >= 15 is 0 Å². The summed E-state index contributed by atoms with van der Waals surface area (Å²) in [6.07, 6.45) is 0. The number of nitrogens with zero attached hydrogens (tertiary/aromatic N) is 2. The van der Waals surface area contributed by atoms with Crippen LogP contribution in [-0.2, 0) is 0 Å². The molecule has 1 aliphatic rings. The summed E-state index contributed by atoms with van der Waals surface area (Å²) in [5.74, 6) is 0. The average molecular weight is 322 g/mol. The molecule has 0 saturated carbocycles. The maximum atomic E-state index is 6.82. The van der Waals surface area contributed by atoms with Crippen molar-refractivity contribution in [3.05, 3.63) is 36.4 Å². The van der Waals surface area contributed by atoms with Crippen molar-refractivity contribution in [2.45, 2.75) is 9.79 Å². The first-order chi connectivity index (χ1) is 9.97. The summed E-state index contributed by atoms with van der Waals surface area (Å²) in [5, 5.41) is 3.50. The fraction of sp³-hybridized carbons (Fsp3) is 0.250. The van der Waals surface area contributed by atoms with Crippen LogP contribution in [0.25, 0.3) is 0 Å². The molecule has 2 aromatic carbocycles. The molecule has 0 bridgehead atoms. The standard InChI is InChI=1S/C16H20ClN3S/c1-19(2)11-5-7-13-15(9-11)21(17)16-10-12(20(3)4)6-8-14(16)18-13/h5-10,18,21H,1-4H3. The maximum absolute atomic E-state index is 6.82. The van der Waals surface area contributed by atoms with Crippen molar-refractivity contribution >= 4 is 43.5 Å². The molecule has 1 heterocycles. The van der Waals surface area contributed by atoms with E-state index in [1.54, 1.807) is 0 Å². The Morgan fingerprint density at radius 3 is 1.62 bits per heavy atom. The number of thiol groups is 1. The van der Waals surface area contributed by atoms with Crippen LogP contribution in [0.5, 0.6) is 0 Å². The third kappa shape index (κ3) is 2.54. The quantitative estimate of drug-likeness (QED) is 0.797. The van der Waals surface area contributed by atoms with Gasteiger partial charge in [0, 0.05) is 49.4 Å². The zero-order valence-electron chi connectivity index (χ0n) is 12.7. The highest BCUT2D eigenvalue weighted by atomic mass is 35.7. The summed E-state index contributed by atoms with van der Waals surface area (Å²) in [5.41, 5.74) is 4.59. The minimum Gasteiger partial charge on any atom is -0.378 e. The molecular formula is C16H20ClN3S. The van der Waals surface area contributed by atoms with Gasteiger partial charge in [-0.2, -0.15) is 0 Å². The SMILES string of the molecule is CN(C)c1ccc2c(c1)[SH](Cl)c1cc(N(C)C)ccc1N2. The van der Waals surface area contributed by atoms with E-state index in [1.165, 1.54) is 21.2 Å². The molecule has 21 heavy (non-hydrogen) atoms. The molecule has 5 heteroatoms. The predicted molar refractivity (Wildman–Crippen MR) is 96.2 cm³/mol. The van der Waals surface area contributed by atoms with Crippen LogP contribution in [0, 0.1) is 0 Å². The van der Waals surface area contributed by atoms with E-state index in [9.17, 15) is 0 Å². The first kappa shape index (κ1) is 14.4. The number of hydrogen-bond acceptors (Lipinski definition) is 3. The Kier molecular flexibility index (Phi) is 3.68. The molecule has 1 N–H and O–H groups in total. The molecule has 0 unspecified atom stereocenters. The number of nitrogens with one attached hydrogen (secondary N) is 1. The predicted octanol–water partition coefficient (Wildman–Crippen LogP) is 4.45. The van der Waals surface area contributed by atoms with E-state index in [2.05, 4.69) is 51.5 Å². The van der Waals surface area contributed by atoms with Crippen LogP contribution in [0.15, 0.2) is 46.2 Å². The molecule has 3 nitrogen and oxygen atoms in total. The Morgan fingerprint density at radius 1 is 0.810 bits per heavy atom. The van der Waals surface area contributed by atoms with Gasteiger partial charge in [0.25, 0.3) is 0 Å². The molecule has 112 valence electrons. The maximum Gasteiger partial charge on any atom is 0.0520 e. The largest absolute Gasteiger partial charge is 0.378 e. The van der Waals surface area contributed by atoms with Crippen molar-refractivity contribution in [2.75, 3.05) is 43.3 Å². The van der Waals surface area contributed by atoms with Crippen molar-refractivity contribution in [1.29, 1.82) is 0 Å². The summed E-state index contributed by atoms with van der Waals surface area (Å²) < 4.78 is 0. The van der Waals surface area contributed by atoms with Crippen LogP contribution in [0.3, 0.4) is 0 Å². The van der Waals surface area contributed by atoms with E-state index in [1.807, 2.05) is 28.2 Å². The summed E-state index contributed by atoms with van der Waals surface area (Å²) >= 11 is 0. The molecule has 0 aromatic heterocycles. The highest BCUT2D eigenvalue weighted by Crippen LogP contribution is 2.59. The highest BCUT2D eigenvalue weighted by Gasteiger charge is 2.22. The molecule has 0 spiro atoms. The second-order valence-electron chi connectivity index (χ2n) is 5.60. The number of anilines is 4. The van der Waals surface area contributed by atoms with Gasteiger partial charge in [0.2, 0.25) is 0 Å². The zero-order chi connectivity index (χ0) is 15.1. The second-order valence-corrected chi connectivity index (χ2v) is 8.14. The third-order valence-corrected chi connectivity index (χ3v) is 6.37. The monoisotopic (exact) mass is 321 g/mol. The van der Waals surface area contributed by atoms with Gasteiger partial charge < -0.3 is 15.1 Å². The molecule has 0 aliphatic carbocycles. The van der Waals surface area contributed by atoms with Gasteiger partial charge in [-0.3, -0.25) is 0 Å². The second kappa shape index (κ2) is 5.35. The lowest BCUT2D eigenvalue weighted by Crippen LogP contribution is -2.11. The molecule has 0 saturated heterocycles.